The normalized spacial score (nSPS) is 12.3. The van der Waals surface area contributed by atoms with Crippen molar-refractivity contribution in [1.29, 1.82) is 0 Å². The minimum Gasteiger partial charge on any atom is -0.487 e. The highest BCUT2D eigenvalue weighted by atomic mass is 35.5. The molecule has 6 nitrogen and oxygen atoms in total. The number of para-hydroxylation sites is 1. The van der Waals surface area contributed by atoms with Gasteiger partial charge in [-0.3, -0.25) is 0 Å². The number of benzene rings is 3. The number of nitrogens with zero attached hydrogens (tertiary/aromatic N) is 4. The Hall–Kier alpha value is -3.81. The van der Waals surface area contributed by atoms with Crippen molar-refractivity contribution >= 4 is 45.2 Å². The number of hydrogen-bond acceptors (Lipinski definition) is 6. The topological polar surface area (TPSA) is 66.0 Å². The van der Waals surface area contributed by atoms with Crippen molar-refractivity contribution in [2.24, 2.45) is 0 Å². The standard InChI is InChI=1S/C35H34ClN4O2S/c1-34(2,3)43-32-28-18-27(41-21-26-15-12-24-8-6-7-9-29(24)38-26)16-17-30(28)40(20-23-10-13-25(36)14-11-23)31(32)19-35(4,5)33-39-37-22-42-33/h6-18H,19-21H2,1-5H3. The molecule has 0 unspecified atom stereocenters. The Balaban J connectivity index is 1.43. The zero-order chi connectivity index (χ0) is 30.2. The van der Waals surface area contributed by atoms with Gasteiger partial charge in [0.15, 0.2) is 0 Å². The third kappa shape index (κ3) is 6.58. The van der Waals surface area contributed by atoms with E-state index in [1.165, 1.54) is 16.2 Å². The van der Waals surface area contributed by atoms with Crippen LogP contribution in [0.3, 0.4) is 0 Å². The Morgan fingerprint density at radius 2 is 1.74 bits per heavy atom. The second kappa shape index (κ2) is 11.7. The van der Waals surface area contributed by atoms with Gasteiger partial charge in [0.25, 0.3) is 0 Å². The predicted octanol–water partition coefficient (Wildman–Crippen LogP) is 9.06. The van der Waals surface area contributed by atoms with Gasteiger partial charge in [0, 0.05) is 55.0 Å². The monoisotopic (exact) mass is 609 g/mol. The van der Waals surface area contributed by atoms with Crippen LogP contribution in [0.1, 0.15) is 57.5 Å². The summed E-state index contributed by atoms with van der Waals surface area (Å²) in [6.07, 6.45) is 3.22. The molecule has 0 N–H and O–H groups in total. The summed E-state index contributed by atoms with van der Waals surface area (Å²) in [5.41, 5.74) is 4.96. The van der Waals surface area contributed by atoms with Crippen LogP contribution in [0.4, 0.5) is 0 Å². The zero-order valence-electron chi connectivity index (χ0n) is 25.0. The molecule has 0 saturated heterocycles. The molecule has 43 heavy (non-hydrogen) atoms. The number of aromatic nitrogens is 4. The lowest BCUT2D eigenvalue weighted by molar-refractivity contribution is 0.302. The smallest absolute Gasteiger partial charge is 0.305 e. The lowest BCUT2D eigenvalue weighted by Crippen LogP contribution is -2.24. The van der Waals surface area contributed by atoms with Crippen molar-refractivity contribution in [2.45, 2.75) is 69.2 Å². The molecule has 3 aromatic carbocycles. The van der Waals surface area contributed by atoms with E-state index in [1.54, 1.807) is 0 Å². The van der Waals surface area contributed by atoms with Crippen LogP contribution in [-0.2, 0) is 25.0 Å². The quantitative estimate of drug-likeness (QED) is 0.152. The maximum Gasteiger partial charge on any atom is 0.305 e. The molecule has 0 aliphatic rings. The van der Waals surface area contributed by atoms with Crippen LogP contribution in [0.25, 0.3) is 21.8 Å². The van der Waals surface area contributed by atoms with Crippen molar-refractivity contribution in [3.8, 4) is 5.75 Å². The Kier molecular flexibility index (Phi) is 7.96. The average molecular weight is 610 g/mol. The fourth-order valence-electron chi connectivity index (χ4n) is 5.26. The minimum absolute atomic E-state index is 0.0254. The van der Waals surface area contributed by atoms with Gasteiger partial charge in [-0.05, 0) is 48.0 Å². The summed E-state index contributed by atoms with van der Waals surface area (Å²) in [6, 6.07) is 26.7. The largest absolute Gasteiger partial charge is 0.487 e. The van der Waals surface area contributed by atoms with Gasteiger partial charge in [-0.25, -0.2) is 4.98 Å². The lowest BCUT2D eigenvalue weighted by Gasteiger charge is -2.24. The van der Waals surface area contributed by atoms with Gasteiger partial charge in [-0.1, -0.05) is 82.6 Å². The van der Waals surface area contributed by atoms with Crippen molar-refractivity contribution in [3.63, 3.8) is 0 Å². The highest BCUT2D eigenvalue weighted by molar-refractivity contribution is 8.00. The second-order valence-corrected chi connectivity index (χ2v) is 14.7. The number of pyridine rings is 1. The number of ether oxygens (including phenoxy) is 1. The third-order valence-electron chi connectivity index (χ3n) is 7.31. The summed E-state index contributed by atoms with van der Waals surface area (Å²) < 4.78 is 14.3. The Morgan fingerprint density at radius 3 is 2.49 bits per heavy atom. The van der Waals surface area contributed by atoms with Gasteiger partial charge in [0.1, 0.15) is 12.4 Å². The van der Waals surface area contributed by atoms with E-state index >= 15 is 0 Å². The van der Waals surface area contributed by atoms with Gasteiger partial charge >= 0.3 is 6.39 Å². The predicted molar refractivity (Wildman–Crippen MR) is 174 cm³/mol. The molecule has 0 atom stereocenters. The molecule has 1 radical (unpaired) electrons. The van der Waals surface area contributed by atoms with Gasteiger partial charge in [0.2, 0.25) is 5.89 Å². The van der Waals surface area contributed by atoms with E-state index in [0.29, 0.717) is 25.5 Å². The number of thioether (sulfide) groups is 1. The zero-order valence-corrected chi connectivity index (χ0v) is 26.6. The van der Waals surface area contributed by atoms with Crippen LogP contribution in [0, 0.1) is 6.39 Å². The first-order valence-electron chi connectivity index (χ1n) is 14.3. The van der Waals surface area contributed by atoms with E-state index in [0.717, 1.165) is 38.3 Å². The van der Waals surface area contributed by atoms with Gasteiger partial charge < -0.3 is 13.7 Å². The summed E-state index contributed by atoms with van der Waals surface area (Å²) in [5.74, 6) is 1.37. The minimum atomic E-state index is -0.409. The molecule has 0 aliphatic carbocycles. The third-order valence-corrected chi connectivity index (χ3v) is 8.83. The van der Waals surface area contributed by atoms with Crippen LogP contribution in [-0.4, -0.2) is 24.5 Å². The Morgan fingerprint density at radius 1 is 0.953 bits per heavy atom. The van der Waals surface area contributed by atoms with Crippen LogP contribution < -0.4 is 4.74 Å². The SMILES string of the molecule is CC(C)(C)Sc1c(CC(C)(C)c2nn[c]o2)n(Cc2ccc(Cl)cc2)c2ccc(OCc3ccc4ccccc4n3)cc12. The average Bonchev–Trinajstić information content (AvgIpc) is 3.61. The molecule has 0 amide bonds. The molecule has 219 valence electrons. The van der Waals surface area contributed by atoms with Gasteiger partial charge in [-0.2, -0.15) is 0 Å². The number of rotatable bonds is 9. The van der Waals surface area contributed by atoms with Gasteiger partial charge in [0.05, 0.1) is 11.2 Å². The molecule has 8 heteroatoms. The molecule has 6 rings (SSSR count). The van der Waals surface area contributed by atoms with Crippen molar-refractivity contribution < 1.29 is 9.15 Å². The molecule has 0 bridgehead atoms. The lowest BCUT2D eigenvalue weighted by atomic mass is 9.87. The molecule has 0 aliphatic heterocycles. The summed E-state index contributed by atoms with van der Waals surface area (Å²) >= 11 is 8.10. The van der Waals surface area contributed by atoms with Crippen molar-refractivity contribution in [1.82, 2.24) is 19.7 Å². The number of hydrogen-bond donors (Lipinski definition) is 0. The molecular weight excluding hydrogens is 576 g/mol. The molecule has 0 fully saturated rings. The Labute approximate surface area is 261 Å². The maximum absolute atomic E-state index is 6.34. The fraction of sp³-hybridized carbons (Fsp3) is 0.286. The Bertz CT molecular complexity index is 1870. The maximum atomic E-state index is 6.34. The second-order valence-electron chi connectivity index (χ2n) is 12.4. The highest BCUT2D eigenvalue weighted by Gasteiger charge is 2.32. The molecule has 0 spiro atoms. The summed E-state index contributed by atoms with van der Waals surface area (Å²) in [5, 5.41) is 11.1. The molecular formula is C35H34ClN4O2S. The molecule has 3 heterocycles. The summed E-state index contributed by atoms with van der Waals surface area (Å²) in [7, 11) is 0. The molecule has 6 aromatic rings. The van der Waals surface area contributed by atoms with Crippen molar-refractivity contribution in [3.05, 3.63) is 113 Å². The van der Waals surface area contributed by atoms with Crippen LogP contribution >= 0.6 is 23.4 Å². The first-order valence-corrected chi connectivity index (χ1v) is 15.5. The van der Waals surface area contributed by atoms with E-state index in [4.69, 9.17) is 25.7 Å². The van der Waals surface area contributed by atoms with E-state index in [2.05, 4.69) is 98.2 Å². The van der Waals surface area contributed by atoms with E-state index in [-0.39, 0.29) is 4.75 Å². The highest BCUT2D eigenvalue weighted by Crippen LogP contribution is 2.44. The molecule has 3 aromatic heterocycles. The van der Waals surface area contributed by atoms with Crippen LogP contribution in [0.15, 0.2) is 88.2 Å². The van der Waals surface area contributed by atoms with Crippen molar-refractivity contribution in [2.75, 3.05) is 0 Å². The van der Waals surface area contributed by atoms with E-state index in [1.807, 2.05) is 48.2 Å². The number of fused-ring (bicyclic) bond motifs is 2. The van der Waals surface area contributed by atoms with E-state index in [9.17, 15) is 0 Å². The number of halogens is 1. The summed E-state index contributed by atoms with van der Waals surface area (Å²) in [6.45, 7) is 12.1. The summed E-state index contributed by atoms with van der Waals surface area (Å²) in [4.78, 5) is 6.01. The first kappa shape index (κ1) is 29.3. The van der Waals surface area contributed by atoms with Gasteiger partial charge in [-0.15, -0.1) is 22.0 Å². The van der Waals surface area contributed by atoms with E-state index < -0.39 is 5.41 Å². The molecule has 0 saturated carbocycles. The fourth-order valence-corrected chi connectivity index (χ4v) is 6.57. The first-order chi connectivity index (χ1) is 20.6. The van der Waals surface area contributed by atoms with Crippen LogP contribution in [0.5, 0.6) is 5.75 Å². The van der Waals surface area contributed by atoms with Crippen LogP contribution in [0.2, 0.25) is 5.02 Å².